The van der Waals surface area contributed by atoms with E-state index in [2.05, 4.69) is 5.32 Å². The van der Waals surface area contributed by atoms with Gasteiger partial charge < -0.3 is 10.2 Å². The molecule has 0 aromatic heterocycles. The first-order valence-corrected chi connectivity index (χ1v) is 9.63. The van der Waals surface area contributed by atoms with E-state index in [4.69, 9.17) is 0 Å². The highest BCUT2D eigenvalue weighted by atomic mass is 19.1. The summed E-state index contributed by atoms with van der Waals surface area (Å²) in [4.78, 5) is 41.0. The molecule has 3 rings (SSSR count). The molecule has 0 aliphatic carbocycles. The first kappa shape index (κ1) is 20.5. The fourth-order valence-electron chi connectivity index (χ4n) is 3.60. The molecule has 4 amide bonds. The van der Waals surface area contributed by atoms with Gasteiger partial charge in [-0.1, -0.05) is 49.4 Å². The quantitative estimate of drug-likeness (QED) is 0.730. The Labute approximate surface area is 169 Å². The lowest BCUT2D eigenvalue weighted by Gasteiger charge is -2.26. The summed E-state index contributed by atoms with van der Waals surface area (Å²) in [7, 11) is 0. The molecule has 1 aliphatic rings. The van der Waals surface area contributed by atoms with Gasteiger partial charge >= 0.3 is 6.03 Å². The molecule has 152 valence electrons. The maximum absolute atomic E-state index is 13.4. The molecule has 1 atom stereocenters. The number of halogens is 1. The molecule has 2 aromatic rings. The van der Waals surface area contributed by atoms with Crippen LogP contribution in [0.15, 0.2) is 54.6 Å². The summed E-state index contributed by atoms with van der Waals surface area (Å²) in [5.41, 5.74) is 0.158. The smallest absolute Gasteiger partial charge is 0.325 e. The molecule has 2 aromatic carbocycles. The van der Waals surface area contributed by atoms with Crippen LogP contribution in [0.4, 0.5) is 9.18 Å². The topological polar surface area (TPSA) is 69.7 Å². The largest absolute Gasteiger partial charge is 0.337 e. The fraction of sp³-hybridized carbons (Fsp3) is 0.318. The second-order valence-corrected chi connectivity index (χ2v) is 6.98. The van der Waals surface area contributed by atoms with E-state index in [1.165, 1.54) is 17.0 Å². The van der Waals surface area contributed by atoms with Crippen molar-refractivity contribution in [1.29, 1.82) is 0 Å². The Hall–Kier alpha value is -3.22. The second kappa shape index (κ2) is 8.43. The van der Waals surface area contributed by atoms with Gasteiger partial charge in [0.2, 0.25) is 5.91 Å². The third-order valence-electron chi connectivity index (χ3n) is 5.26. The van der Waals surface area contributed by atoms with Crippen molar-refractivity contribution < 1.29 is 18.8 Å². The zero-order valence-electron chi connectivity index (χ0n) is 16.5. The number of benzene rings is 2. The second-order valence-electron chi connectivity index (χ2n) is 6.98. The normalized spacial score (nSPS) is 18.7. The van der Waals surface area contributed by atoms with Gasteiger partial charge in [-0.25, -0.2) is 9.18 Å². The zero-order valence-corrected chi connectivity index (χ0v) is 16.5. The van der Waals surface area contributed by atoms with Gasteiger partial charge in [-0.2, -0.15) is 0 Å². The highest BCUT2D eigenvalue weighted by molar-refractivity contribution is 6.09. The van der Waals surface area contributed by atoms with Crippen LogP contribution in [0.25, 0.3) is 0 Å². The Morgan fingerprint density at radius 3 is 2.45 bits per heavy atom. The van der Waals surface area contributed by atoms with Crippen molar-refractivity contribution in [3.05, 3.63) is 71.5 Å². The molecule has 7 heteroatoms. The van der Waals surface area contributed by atoms with Crippen LogP contribution in [-0.4, -0.2) is 40.7 Å². The summed E-state index contributed by atoms with van der Waals surface area (Å²) < 4.78 is 13.4. The van der Waals surface area contributed by atoms with E-state index >= 15 is 0 Å². The van der Waals surface area contributed by atoms with Gasteiger partial charge in [0, 0.05) is 13.1 Å². The summed E-state index contributed by atoms with van der Waals surface area (Å²) >= 11 is 0. The lowest BCUT2D eigenvalue weighted by Crippen LogP contribution is -2.45. The van der Waals surface area contributed by atoms with Gasteiger partial charge in [-0.3, -0.25) is 14.5 Å². The third kappa shape index (κ3) is 3.99. The van der Waals surface area contributed by atoms with Crippen molar-refractivity contribution in [2.24, 2.45) is 0 Å². The van der Waals surface area contributed by atoms with E-state index in [9.17, 15) is 18.8 Å². The number of rotatable bonds is 7. The fourth-order valence-corrected chi connectivity index (χ4v) is 3.60. The summed E-state index contributed by atoms with van der Waals surface area (Å²) in [6, 6.07) is 14.4. The minimum absolute atomic E-state index is 0.203. The Bertz CT molecular complexity index is 919. The van der Waals surface area contributed by atoms with Crippen LogP contribution in [0.1, 0.15) is 31.4 Å². The number of hydrogen-bond donors (Lipinski definition) is 1. The molecule has 0 radical (unpaired) electrons. The first-order valence-electron chi connectivity index (χ1n) is 9.63. The van der Waals surface area contributed by atoms with Crippen molar-refractivity contribution in [3.8, 4) is 0 Å². The van der Waals surface area contributed by atoms with Crippen molar-refractivity contribution in [2.75, 3.05) is 13.1 Å². The third-order valence-corrected chi connectivity index (χ3v) is 5.26. The number of hydrogen-bond acceptors (Lipinski definition) is 3. The summed E-state index contributed by atoms with van der Waals surface area (Å²) in [6.07, 6.45) is 0.368. The van der Waals surface area contributed by atoms with E-state index in [0.29, 0.717) is 24.1 Å². The van der Waals surface area contributed by atoms with Crippen LogP contribution >= 0.6 is 0 Å². The monoisotopic (exact) mass is 397 g/mol. The Kier molecular flexibility index (Phi) is 5.96. The number of nitrogens with zero attached hydrogens (tertiary/aromatic N) is 2. The van der Waals surface area contributed by atoms with E-state index in [-0.39, 0.29) is 24.8 Å². The highest BCUT2D eigenvalue weighted by Crippen LogP contribution is 2.32. The van der Waals surface area contributed by atoms with Gasteiger partial charge in [0.15, 0.2) is 0 Å². The Morgan fingerprint density at radius 2 is 1.83 bits per heavy atom. The van der Waals surface area contributed by atoms with Gasteiger partial charge in [-0.05, 0) is 36.6 Å². The van der Waals surface area contributed by atoms with E-state index in [1.54, 1.807) is 43.3 Å². The van der Waals surface area contributed by atoms with Crippen molar-refractivity contribution in [2.45, 2.75) is 32.4 Å². The molecule has 1 unspecified atom stereocenters. The number of likely N-dealkylation sites (N-methyl/N-ethyl adjacent to an activating group) is 1. The van der Waals surface area contributed by atoms with Crippen LogP contribution in [0, 0.1) is 5.82 Å². The molecule has 0 spiro atoms. The predicted octanol–water partition coefficient (Wildman–Crippen LogP) is 3.03. The number of urea groups is 1. The molecule has 0 bridgehead atoms. The molecule has 1 N–H and O–H groups in total. The summed E-state index contributed by atoms with van der Waals surface area (Å²) in [5, 5.41) is 2.77. The average Bonchev–Trinajstić information content (AvgIpc) is 2.97. The lowest BCUT2D eigenvalue weighted by molar-refractivity contribution is -0.139. The van der Waals surface area contributed by atoms with Gasteiger partial charge in [-0.15, -0.1) is 0 Å². The molecule has 1 aliphatic heterocycles. The van der Waals surface area contributed by atoms with E-state index < -0.39 is 17.5 Å². The van der Waals surface area contributed by atoms with Crippen molar-refractivity contribution in [3.63, 3.8) is 0 Å². The highest BCUT2D eigenvalue weighted by Gasteiger charge is 2.51. The molecular weight excluding hydrogens is 373 g/mol. The van der Waals surface area contributed by atoms with Crippen molar-refractivity contribution in [1.82, 2.24) is 15.1 Å². The first-order chi connectivity index (χ1) is 13.9. The van der Waals surface area contributed by atoms with Crippen molar-refractivity contribution >= 4 is 17.8 Å². The number of nitrogens with one attached hydrogen (secondary N) is 1. The summed E-state index contributed by atoms with van der Waals surface area (Å²) in [5.74, 6) is -1.19. The summed E-state index contributed by atoms with van der Waals surface area (Å²) in [6.45, 7) is 3.83. The van der Waals surface area contributed by atoms with Gasteiger partial charge in [0.1, 0.15) is 17.9 Å². The predicted molar refractivity (Wildman–Crippen MR) is 106 cm³/mol. The minimum Gasteiger partial charge on any atom is -0.337 e. The molecule has 1 fully saturated rings. The Balaban J connectivity index is 1.77. The van der Waals surface area contributed by atoms with E-state index in [1.807, 2.05) is 13.0 Å². The Morgan fingerprint density at radius 1 is 1.10 bits per heavy atom. The van der Waals surface area contributed by atoms with Crippen LogP contribution in [0.5, 0.6) is 0 Å². The molecule has 1 heterocycles. The molecule has 6 nitrogen and oxygen atoms in total. The van der Waals surface area contributed by atoms with Crippen LogP contribution in [0.3, 0.4) is 0 Å². The minimum atomic E-state index is -1.17. The molecule has 29 heavy (non-hydrogen) atoms. The van der Waals surface area contributed by atoms with Gasteiger partial charge in [0.05, 0.1) is 0 Å². The maximum Gasteiger partial charge on any atom is 0.325 e. The number of carbonyl (C=O) groups excluding carboxylic acids is 3. The van der Waals surface area contributed by atoms with Crippen LogP contribution < -0.4 is 5.32 Å². The van der Waals surface area contributed by atoms with Crippen LogP contribution in [0.2, 0.25) is 0 Å². The standard InChI is InChI=1S/C22H24FN3O3/c1-3-22(17-10-6-5-7-11-17)20(28)26(21(29)24-22)15-19(27)25(4-2)14-16-9-8-12-18(23)13-16/h5-13H,3-4,14-15H2,1-2H3,(H,24,29). The maximum atomic E-state index is 13.4. The van der Waals surface area contributed by atoms with Crippen LogP contribution in [-0.2, 0) is 21.7 Å². The SMILES string of the molecule is CCN(Cc1cccc(F)c1)C(=O)CN1C(=O)NC(CC)(c2ccccc2)C1=O. The zero-order chi connectivity index (χ0) is 21.0. The molecule has 1 saturated heterocycles. The number of imide groups is 1. The average molecular weight is 397 g/mol. The molecule has 0 saturated carbocycles. The van der Waals surface area contributed by atoms with Gasteiger partial charge in [0.25, 0.3) is 5.91 Å². The molecular formula is C22H24FN3O3. The number of carbonyl (C=O) groups is 3. The van der Waals surface area contributed by atoms with E-state index in [0.717, 1.165) is 4.90 Å². The lowest BCUT2D eigenvalue weighted by atomic mass is 9.87. The number of amides is 4.